The van der Waals surface area contributed by atoms with E-state index in [2.05, 4.69) is 20.5 Å². The normalized spacial score (nSPS) is 14.0. The highest BCUT2D eigenvalue weighted by Crippen LogP contribution is 2.20. The third-order valence-electron chi connectivity index (χ3n) is 4.15. The van der Waals surface area contributed by atoms with Crippen molar-refractivity contribution in [2.75, 3.05) is 0 Å². The van der Waals surface area contributed by atoms with Crippen LogP contribution in [0.2, 0.25) is 0 Å². The molecule has 0 aliphatic heterocycles. The van der Waals surface area contributed by atoms with Crippen LogP contribution in [0, 0.1) is 12.7 Å². The number of nitrogens with zero attached hydrogens (tertiary/aromatic N) is 4. The predicted octanol–water partition coefficient (Wildman–Crippen LogP) is 0.912. The molecule has 0 aliphatic carbocycles. The van der Waals surface area contributed by atoms with Crippen molar-refractivity contribution in [3.8, 4) is 5.75 Å². The lowest BCUT2D eigenvalue weighted by molar-refractivity contribution is 0.0869. The van der Waals surface area contributed by atoms with Crippen LogP contribution >= 0.6 is 0 Å². The van der Waals surface area contributed by atoms with E-state index in [0.29, 0.717) is 6.07 Å². The molecule has 0 radical (unpaired) electrons. The third kappa shape index (κ3) is 4.63. The van der Waals surface area contributed by atoms with Crippen LogP contribution in [0.4, 0.5) is 4.39 Å². The van der Waals surface area contributed by atoms with Crippen LogP contribution in [0.5, 0.6) is 5.75 Å². The van der Waals surface area contributed by atoms with Gasteiger partial charge in [0.25, 0.3) is 11.5 Å². The number of halogens is 1. The van der Waals surface area contributed by atoms with Crippen molar-refractivity contribution in [3.63, 3.8) is 0 Å². The molecule has 2 heterocycles. The van der Waals surface area contributed by atoms with Gasteiger partial charge in [-0.1, -0.05) is 12.1 Å². The molecule has 3 N–H and O–H groups in total. The van der Waals surface area contributed by atoms with Crippen LogP contribution in [0.3, 0.4) is 0 Å². The smallest absolute Gasteiger partial charge is 0.309 e. The maximum Gasteiger partial charge on any atom is 0.309 e. The number of aromatic nitrogens is 4. The monoisotopic (exact) mass is 449 g/mol. The molecule has 0 fully saturated rings. The topological polar surface area (TPSA) is 152 Å². The minimum atomic E-state index is -2.94. The van der Waals surface area contributed by atoms with Gasteiger partial charge in [-0.15, -0.1) is 10.2 Å². The van der Waals surface area contributed by atoms with E-state index in [1.165, 1.54) is 27.8 Å². The molecular weight excluding hydrogens is 423 g/mol. The lowest BCUT2D eigenvalue weighted by Crippen LogP contribution is -2.46. The van der Waals surface area contributed by atoms with Crippen LogP contribution in [0.15, 0.2) is 33.4 Å². The van der Waals surface area contributed by atoms with Gasteiger partial charge in [0.05, 0.1) is 12.4 Å². The summed E-state index contributed by atoms with van der Waals surface area (Å²) in [5.41, 5.74) is -4.19. The fourth-order valence-electron chi connectivity index (χ4n) is 2.67. The summed E-state index contributed by atoms with van der Waals surface area (Å²) in [6.45, 7) is 1.37. The van der Waals surface area contributed by atoms with E-state index < -0.39 is 70.4 Å². The highest BCUT2D eigenvalue weighted by Gasteiger charge is 2.32. The van der Waals surface area contributed by atoms with Crippen LogP contribution in [0.25, 0.3) is 0 Å². The van der Waals surface area contributed by atoms with E-state index in [0.717, 1.165) is 4.57 Å². The van der Waals surface area contributed by atoms with Crippen LogP contribution in [-0.4, -0.2) is 36.7 Å². The Morgan fingerprint density at radius 1 is 1.31 bits per heavy atom. The van der Waals surface area contributed by atoms with Gasteiger partial charge in [-0.05, 0) is 31.5 Å². The second-order valence-corrected chi connectivity index (χ2v) is 7.05. The minimum absolute atomic E-state index is 0.124. The number of rotatable bonds is 6. The van der Waals surface area contributed by atoms with Gasteiger partial charge >= 0.3 is 11.8 Å². The largest absolute Gasteiger partial charge is 0.501 e. The molecule has 2 aromatic heterocycles. The standard InChI is InChI=1S/C20H21FN6O5/c1-10-25-26-17(32-10)16(30)24-20(2,3)19-23-13(14(28)18(31)27(19)4)15(29)22-9-11-5-7-12(21)8-6-11/h5-8,28H,9H2,1-4H3,(H,22,29)(H,24,30)/i5D,7D,8D,9D2. The lowest BCUT2D eigenvalue weighted by Gasteiger charge is -2.27. The minimum Gasteiger partial charge on any atom is -0.501 e. The third-order valence-corrected chi connectivity index (χ3v) is 4.15. The van der Waals surface area contributed by atoms with E-state index in [9.17, 15) is 23.9 Å². The van der Waals surface area contributed by atoms with Crippen molar-refractivity contribution in [1.82, 2.24) is 30.4 Å². The zero-order valence-electron chi connectivity index (χ0n) is 22.3. The van der Waals surface area contributed by atoms with Crippen molar-refractivity contribution >= 4 is 11.8 Å². The molecule has 0 spiro atoms. The Balaban J connectivity index is 2.01. The Kier molecular flexibility index (Phi) is 4.44. The van der Waals surface area contributed by atoms with Gasteiger partial charge in [0.15, 0.2) is 5.69 Å². The van der Waals surface area contributed by atoms with Gasteiger partial charge in [0.1, 0.15) is 11.6 Å². The average molecular weight is 449 g/mol. The SMILES string of the molecule is [2H]c1cc(C([2H])([2H])NC(=O)c2nc(C(C)(C)NC(=O)c3nnc(C)o3)n(C)c(=O)c2O)c([2H])c([2H])c1F. The van der Waals surface area contributed by atoms with E-state index in [4.69, 9.17) is 11.3 Å². The molecule has 0 bridgehead atoms. The molecule has 0 saturated carbocycles. The molecule has 3 aromatic rings. The van der Waals surface area contributed by atoms with Gasteiger partial charge in [-0.2, -0.15) is 0 Å². The summed E-state index contributed by atoms with van der Waals surface area (Å²) >= 11 is 0. The summed E-state index contributed by atoms with van der Waals surface area (Å²) in [7, 11) is 1.21. The second-order valence-electron chi connectivity index (χ2n) is 7.05. The van der Waals surface area contributed by atoms with E-state index in [1.54, 1.807) is 0 Å². The first-order chi connectivity index (χ1) is 17.0. The molecule has 0 aliphatic rings. The van der Waals surface area contributed by atoms with Gasteiger partial charge in [0, 0.05) is 20.5 Å². The molecule has 168 valence electrons. The van der Waals surface area contributed by atoms with Crippen molar-refractivity contribution in [3.05, 3.63) is 69.2 Å². The first-order valence-corrected chi connectivity index (χ1v) is 9.00. The fourth-order valence-corrected chi connectivity index (χ4v) is 2.67. The van der Waals surface area contributed by atoms with Crippen molar-refractivity contribution in [2.24, 2.45) is 7.05 Å². The molecular formula is C20H21FN6O5. The first-order valence-electron chi connectivity index (χ1n) is 11.5. The molecule has 11 nitrogen and oxygen atoms in total. The molecule has 1 aromatic carbocycles. The first kappa shape index (κ1) is 16.6. The summed E-state index contributed by atoms with van der Waals surface area (Å²) < 4.78 is 58.8. The zero-order valence-corrected chi connectivity index (χ0v) is 17.3. The second kappa shape index (κ2) is 8.57. The Bertz CT molecular complexity index is 1490. The number of aryl methyl sites for hydroxylation is 1. The fraction of sp³-hybridized carbons (Fsp3) is 0.300. The maximum atomic E-state index is 13.8. The quantitative estimate of drug-likeness (QED) is 0.502. The molecule has 2 amide bonds. The molecule has 32 heavy (non-hydrogen) atoms. The molecule has 0 unspecified atom stereocenters. The van der Waals surface area contributed by atoms with E-state index in [-0.39, 0.29) is 17.6 Å². The summed E-state index contributed by atoms with van der Waals surface area (Å²) in [4.78, 5) is 42.1. The van der Waals surface area contributed by atoms with E-state index >= 15 is 0 Å². The Labute approximate surface area is 188 Å². The number of amides is 2. The number of nitrogens with one attached hydrogen (secondary N) is 2. The Hall–Kier alpha value is -4.09. The lowest BCUT2D eigenvalue weighted by atomic mass is 10.0. The van der Waals surface area contributed by atoms with Crippen LogP contribution in [0.1, 0.15) is 59.2 Å². The highest BCUT2D eigenvalue weighted by molar-refractivity contribution is 5.94. The summed E-state index contributed by atoms with van der Waals surface area (Å²) in [5.74, 6) is -5.19. The van der Waals surface area contributed by atoms with Gasteiger partial charge < -0.3 is 20.2 Å². The summed E-state index contributed by atoms with van der Waals surface area (Å²) in [5, 5.41) is 21.8. The number of carbonyl (C=O) groups excluding carboxylic acids is 2. The van der Waals surface area contributed by atoms with E-state index in [1.807, 2.05) is 5.32 Å². The maximum absolute atomic E-state index is 13.8. The van der Waals surface area contributed by atoms with Crippen molar-refractivity contribution in [2.45, 2.75) is 32.8 Å². The van der Waals surface area contributed by atoms with Crippen LogP contribution in [-0.2, 0) is 19.1 Å². The van der Waals surface area contributed by atoms with Gasteiger partial charge in [-0.3, -0.25) is 19.0 Å². The number of aromatic hydroxyl groups is 1. The number of hydrogen-bond donors (Lipinski definition) is 3. The molecule has 3 rings (SSSR count). The van der Waals surface area contributed by atoms with Crippen molar-refractivity contribution in [1.29, 1.82) is 0 Å². The molecule has 12 heteroatoms. The zero-order chi connectivity index (χ0) is 28.0. The Morgan fingerprint density at radius 3 is 2.69 bits per heavy atom. The summed E-state index contributed by atoms with van der Waals surface area (Å²) in [6, 6.07) is -2.21. The molecule has 0 saturated heterocycles. The molecule has 0 atom stereocenters. The number of carbonyl (C=O) groups is 2. The highest BCUT2D eigenvalue weighted by atomic mass is 19.1. The Morgan fingerprint density at radius 2 is 2.03 bits per heavy atom. The summed E-state index contributed by atoms with van der Waals surface area (Å²) in [6.07, 6.45) is 0. The number of hydrogen-bond acceptors (Lipinski definition) is 8. The van der Waals surface area contributed by atoms with Crippen LogP contribution < -0.4 is 16.2 Å². The predicted molar refractivity (Wildman–Crippen MR) is 108 cm³/mol. The van der Waals surface area contributed by atoms with Crippen molar-refractivity contribution < 1.29 is 30.4 Å². The van der Waals surface area contributed by atoms with Gasteiger partial charge in [-0.25, -0.2) is 9.37 Å². The number of benzene rings is 1. The van der Waals surface area contributed by atoms with Gasteiger partial charge in [0.2, 0.25) is 11.6 Å². The average Bonchev–Trinajstić information content (AvgIpc) is 3.24.